The largest absolute Gasteiger partial charge is 0.380 e. The van der Waals surface area contributed by atoms with Gasteiger partial charge in [0.1, 0.15) is 0 Å². The Morgan fingerprint density at radius 1 is 1.40 bits per heavy atom. The van der Waals surface area contributed by atoms with Gasteiger partial charge in [0.25, 0.3) is 0 Å². The molecule has 4 nitrogen and oxygen atoms in total. The third kappa shape index (κ3) is 2.54. The van der Waals surface area contributed by atoms with Crippen molar-refractivity contribution >= 4 is 33.1 Å². The van der Waals surface area contributed by atoms with E-state index in [0.29, 0.717) is 24.7 Å². The quantitative estimate of drug-likeness (QED) is 0.833. The number of ether oxygens (including phenoxy) is 1. The number of thioether (sulfide) groups is 1. The Morgan fingerprint density at radius 3 is 2.90 bits per heavy atom. The Labute approximate surface area is 128 Å². The molecule has 3 heterocycles. The second kappa shape index (κ2) is 5.61. The van der Waals surface area contributed by atoms with Crippen LogP contribution in [0.5, 0.6) is 0 Å². The molecular weight excluding hydrogens is 314 g/mol. The van der Waals surface area contributed by atoms with Crippen molar-refractivity contribution in [2.75, 3.05) is 25.5 Å². The van der Waals surface area contributed by atoms with Crippen LogP contribution in [0.3, 0.4) is 0 Å². The molecule has 1 aromatic rings. The number of aryl methyl sites for hydroxylation is 2. The summed E-state index contributed by atoms with van der Waals surface area (Å²) >= 11 is 3.40. The normalized spacial score (nSPS) is 28.3. The van der Waals surface area contributed by atoms with Gasteiger partial charge in [0.2, 0.25) is 10.0 Å². The number of sulfonamides is 1. The summed E-state index contributed by atoms with van der Waals surface area (Å²) in [7, 11) is -3.37. The van der Waals surface area contributed by atoms with Crippen molar-refractivity contribution in [3.63, 3.8) is 0 Å². The molecule has 2 unspecified atom stereocenters. The van der Waals surface area contributed by atoms with E-state index in [-0.39, 0.29) is 11.3 Å². The molecule has 2 fully saturated rings. The number of hydrogen-bond donors (Lipinski definition) is 0. The molecule has 0 amide bonds. The zero-order valence-electron chi connectivity index (χ0n) is 11.7. The van der Waals surface area contributed by atoms with E-state index in [1.807, 2.05) is 31.7 Å². The van der Waals surface area contributed by atoms with Gasteiger partial charge in [-0.2, -0.15) is 16.1 Å². The van der Waals surface area contributed by atoms with Crippen molar-refractivity contribution in [2.45, 2.75) is 36.5 Å². The highest BCUT2D eigenvalue weighted by molar-refractivity contribution is 8.00. The first-order valence-electron chi connectivity index (χ1n) is 6.78. The average Bonchev–Trinajstić information content (AvgIpc) is 2.78. The average molecular weight is 334 g/mol. The third-order valence-electron chi connectivity index (χ3n) is 3.86. The molecule has 112 valence electrons. The van der Waals surface area contributed by atoms with Crippen molar-refractivity contribution in [2.24, 2.45) is 0 Å². The first kappa shape index (κ1) is 14.8. The third-order valence-corrected chi connectivity index (χ3v) is 8.31. The summed E-state index contributed by atoms with van der Waals surface area (Å²) in [6.45, 7) is 5.80. The lowest BCUT2D eigenvalue weighted by Crippen LogP contribution is -2.54. The summed E-state index contributed by atoms with van der Waals surface area (Å²) in [6, 6.07) is 1.90. The molecule has 0 aliphatic carbocycles. The zero-order valence-corrected chi connectivity index (χ0v) is 14.1. The van der Waals surface area contributed by atoms with Crippen molar-refractivity contribution in [3.05, 3.63) is 15.8 Å². The minimum absolute atomic E-state index is 0.0899. The van der Waals surface area contributed by atoms with Crippen molar-refractivity contribution in [3.8, 4) is 0 Å². The van der Waals surface area contributed by atoms with Crippen LogP contribution >= 0.6 is 23.1 Å². The summed E-state index contributed by atoms with van der Waals surface area (Å²) in [5.41, 5.74) is 0. The molecule has 7 heteroatoms. The topological polar surface area (TPSA) is 46.6 Å². The molecule has 0 radical (unpaired) electrons. The summed E-state index contributed by atoms with van der Waals surface area (Å²) < 4.78 is 33.1. The van der Waals surface area contributed by atoms with E-state index in [1.165, 1.54) is 0 Å². The Bertz CT molecular complexity index is 594. The van der Waals surface area contributed by atoms with E-state index in [4.69, 9.17) is 4.74 Å². The smallest absolute Gasteiger partial charge is 0.244 e. The second-order valence-corrected chi connectivity index (χ2v) is 9.90. The molecule has 0 spiro atoms. The van der Waals surface area contributed by atoms with E-state index in [2.05, 4.69) is 0 Å². The zero-order chi connectivity index (χ0) is 14.3. The number of thiophene rings is 1. The minimum atomic E-state index is -3.37. The van der Waals surface area contributed by atoms with Gasteiger partial charge in [-0.15, -0.1) is 11.3 Å². The minimum Gasteiger partial charge on any atom is -0.380 e. The Hall–Kier alpha value is -0.0800. The lowest BCUT2D eigenvalue weighted by molar-refractivity contribution is 0.0625. The van der Waals surface area contributed by atoms with Crippen LogP contribution in [0.1, 0.15) is 16.2 Å². The van der Waals surface area contributed by atoms with Crippen LogP contribution in [-0.4, -0.2) is 49.5 Å². The highest BCUT2D eigenvalue weighted by atomic mass is 32.2. The lowest BCUT2D eigenvalue weighted by atomic mass is 10.1. The monoisotopic (exact) mass is 333 g/mol. The number of nitrogens with zero attached hydrogens (tertiary/aromatic N) is 1. The van der Waals surface area contributed by atoms with E-state index in [0.717, 1.165) is 21.9 Å². The molecule has 2 atom stereocenters. The van der Waals surface area contributed by atoms with E-state index < -0.39 is 10.0 Å². The molecule has 0 N–H and O–H groups in total. The van der Waals surface area contributed by atoms with Gasteiger partial charge in [0.15, 0.2) is 0 Å². The Kier molecular flexibility index (Phi) is 4.16. The molecule has 1 aromatic heterocycles. The first-order valence-corrected chi connectivity index (χ1v) is 10.1. The lowest BCUT2D eigenvalue weighted by Gasteiger charge is -2.42. The van der Waals surface area contributed by atoms with E-state index in [1.54, 1.807) is 15.6 Å². The maximum atomic E-state index is 13.0. The fraction of sp³-hybridized carbons (Fsp3) is 0.692. The Morgan fingerprint density at radius 2 is 2.20 bits per heavy atom. The molecule has 0 bridgehead atoms. The van der Waals surface area contributed by atoms with Crippen LogP contribution in [-0.2, 0) is 14.8 Å². The second-order valence-electron chi connectivity index (χ2n) is 5.23. The summed E-state index contributed by atoms with van der Waals surface area (Å²) in [6.07, 6.45) is 0.805. The van der Waals surface area contributed by atoms with Gasteiger partial charge in [-0.25, -0.2) is 8.42 Å². The fourth-order valence-corrected chi connectivity index (χ4v) is 7.65. The number of hydrogen-bond acceptors (Lipinski definition) is 5. The van der Waals surface area contributed by atoms with Gasteiger partial charge in [0, 0.05) is 40.0 Å². The molecule has 20 heavy (non-hydrogen) atoms. The first-order chi connectivity index (χ1) is 9.50. The highest BCUT2D eigenvalue weighted by Crippen LogP contribution is 2.36. The highest BCUT2D eigenvalue weighted by Gasteiger charge is 2.41. The predicted molar refractivity (Wildman–Crippen MR) is 83.2 cm³/mol. The molecule has 3 rings (SSSR count). The van der Waals surface area contributed by atoms with Crippen LogP contribution in [0.4, 0.5) is 0 Å². The van der Waals surface area contributed by atoms with Crippen LogP contribution in [0.15, 0.2) is 11.0 Å². The number of fused-ring (bicyclic) bond motifs is 1. The van der Waals surface area contributed by atoms with Crippen molar-refractivity contribution < 1.29 is 13.2 Å². The maximum absolute atomic E-state index is 13.0. The SMILES string of the molecule is Cc1cc(S(=O)(=O)N2CCSC3COCCC32)c(C)s1. The van der Waals surface area contributed by atoms with Crippen molar-refractivity contribution in [1.82, 2.24) is 4.31 Å². The fourth-order valence-electron chi connectivity index (χ4n) is 2.94. The molecule has 0 aromatic carbocycles. The summed E-state index contributed by atoms with van der Waals surface area (Å²) in [5.74, 6) is 0.853. The number of rotatable bonds is 2. The standard InChI is InChI=1S/C13H19NO3S3/c1-9-7-13(10(2)19-9)20(15,16)14-4-6-18-12-8-17-5-3-11(12)14/h7,11-12H,3-6,8H2,1-2H3. The Balaban J connectivity index is 1.95. The molecular formula is C13H19NO3S3. The van der Waals surface area contributed by atoms with Crippen molar-refractivity contribution in [1.29, 1.82) is 0 Å². The molecule has 2 aliphatic rings. The van der Waals surface area contributed by atoms with Crippen LogP contribution < -0.4 is 0 Å². The van der Waals surface area contributed by atoms with E-state index in [9.17, 15) is 8.42 Å². The van der Waals surface area contributed by atoms with Gasteiger partial charge < -0.3 is 4.74 Å². The molecule has 2 saturated heterocycles. The van der Waals surface area contributed by atoms with Crippen LogP contribution in [0.2, 0.25) is 0 Å². The van der Waals surface area contributed by atoms with Gasteiger partial charge in [-0.3, -0.25) is 0 Å². The summed E-state index contributed by atoms with van der Waals surface area (Å²) in [4.78, 5) is 2.44. The van der Waals surface area contributed by atoms with Gasteiger partial charge in [0.05, 0.1) is 11.5 Å². The van der Waals surface area contributed by atoms with Gasteiger partial charge >= 0.3 is 0 Å². The maximum Gasteiger partial charge on any atom is 0.244 e. The predicted octanol–water partition coefficient (Wildman–Crippen LogP) is 2.26. The molecule has 2 aliphatic heterocycles. The van der Waals surface area contributed by atoms with Gasteiger partial charge in [-0.1, -0.05) is 0 Å². The summed E-state index contributed by atoms with van der Waals surface area (Å²) in [5, 5.41) is 0.285. The van der Waals surface area contributed by atoms with E-state index >= 15 is 0 Å². The van der Waals surface area contributed by atoms with Crippen LogP contribution in [0.25, 0.3) is 0 Å². The van der Waals surface area contributed by atoms with Gasteiger partial charge in [-0.05, 0) is 26.3 Å². The van der Waals surface area contributed by atoms with Crippen LogP contribution in [0, 0.1) is 13.8 Å². The molecule has 0 saturated carbocycles.